The maximum absolute atomic E-state index is 5.36. The van der Waals surface area contributed by atoms with Gasteiger partial charge in [-0.3, -0.25) is 4.98 Å². The first kappa shape index (κ1) is 13.2. The van der Waals surface area contributed by atoms with Crippen molar-refractivity contribution in [3.63, 3.8) is 0 Å². The minimum atomic E-state index is 0.598. The fourth-order valence-corrected chi connectivity index (χ4v) is 1.84. The molecule has 0 spiro atoms. The van der Waals surface area contributed by atoms with E-state index in [1.807, 2.05) is 31.2 Å². The van der Waals surface area contributed by atoms with Crippen LogP contribution in [0.1, 0.15) is 18.3 Å². The molecule has 2 heterocycles. The first-order valence-corrected chi connectivity index (χ1v) is 6.19. The van der Waals surface area contributed by atoms with Gasteiger partial charge in [-0.2, -0.15) is 0 Å². The molecule has 0 radical (unpaired) electrons. The van der Waals surface area contributed by atoms with Crippen LogP contribution in [0.3, 0.4) is 0 Å². The molecule has 0 aliphatic heterocycles. The second-order valence-corrected chi connectivity index (χ2v) is 4.19. The number of nitrogens with one attached hydrogen (secondary N) is 1. The first-order valence-electron chi connectivity index (χ1n) is 6.19. The van der Waals surface area contributed by atoms with Crippen molar-refractivity contribution in [2.75, 3.05) is 16.9 Å². The van der Waals surface area contributed by atoms with Gasteiger partial charge in [0.25, 0.3) is 0 Å². The molecule has 2 rings (SSSR count). The number of hydrogen-bond donors (Lipinski definition) is 2. The molecule has 0 unspecified atom stereocenters. The van der Waals surface area contributed by atoms with Crippen LogP contribution in [-0.4, -0.2) is 21.5 Å². The van der Waals surface area contributed by atoms with E-state index in [0.717, 1.165) is 23.8 Å². The summed E-state index contributed by atoms with van der Waals surface area (Å²) in [5.74, 6) is 6.79. The quantitative estimate of drug-likeness (QED) is 0.625. The minimum Gasteiger partial charge on any atom is -0.351 e. The van der Waals surface area contributed by atoms with Crippen LogP contribution in [0.25, 0.3) is 0 Å². The smallest absolute Gasteiger partial charge is 0.145 e. The van der Waals surface area contributed by atoms with Crippen LogP contribution in [0.15, 0.2) is 30.6 Å². The highest BCUT2D eigenvalue weighted by molar-refractivity contribution is 5.47. The summed E-state index contributed by atoms with van der Waals surface area (Å²) in [7, 11) is 0. The van der Waals surface area contributed by atoms with E-state index in [2.05, 4.69) is 32.2 Å². The van der Waals surface area contributed by atoms with Gasteiger partial charge < -0.3 is 10.3 Å². The van der Waals surface area contributed by atoms with Crippen molar-refractivity contribution in [1.82, 2.24) is 15.0 Å². The normalized spacial score (nSPS) is 10.3. The molecule has 19 heavy (non-hydrogen) atoms. The van der Waals surface area contributed by atoms with E-state index < -0.39 is 0 Å². The lowest BCUT2D eigenvalue weighted by molar-refractivity contribution is 0.788. The monoisotopic (exact) mass is 258 g/mol. The lowest BCUT2D eigenvalue weighted by Gasteiger charge is -2.21. The summed E-state index contributed by atoms with van der Waals surface area (Å²) < 4.78 is 0. The number of aryl methyl sites for hydroxylation is 1. The number of anilines is 2. The Kier molecular flexibility index (Phi) is 4.25. The largest absolute Gasteiger partial charge is 0.351 e. The van der Waals surface area contributed by atoms with Crippen LogP contribution in [0.4, 0.5) is 11.6 Å². The van der Waals surface area contributed by atoms with E-state index in [4.69, 9.17) is 5.84 Å². The summed E-state index contributed by atoms with van der Waals surface area (Å²) in [6, 6.07) is 7.83. The number of hydrazine groups is 1. The lowest BCUT2D eigenvalue weighted by Crippen LogP contribution is -2.24. The zero-order valence-electron chi connectivity index (χ0n) is 11.2. The zero-order chi connectivity index (χ0) is 13.7. The van der Waals surface area contributed by atoms with Gasteiger partial charge in [0.15, 0.2) is 0 Å². The second kappa shape index (κ2) is 6.10. The van der Waals surface area contributed by atoms with Crippen LogP contribution >= 0.6 is 0 Å². The molecule has 0 aliphatic carbocycles. The fourth-order valence-electron chi connectivity index (χ4n) is 1.84. The Morgan fingerprint density at radius 1 is 1.32 bits per heavy atom. The minimum absolute atomic E-state index is 0.598. The maximum atomic E-state index is 5.36. The summed E-state index contributed by atoms with van der Waals surface area (Å²) in [4.78, 5) is 14.9. The SMILES string of the molecule is CCN(Cc1cccc(C)n1)c1cc(NN)ncn1. The van der Waals surface area contributed by atoms with Crippen LogP contribution in [0.5, 0.6) is 0 Å². The van der Waals surface area contributed by atoms with Crippen LogP contribution < -0.4 is 16.2 Å². The molecule has 100 valence electrons. The van der Waals surface area contributed by atoms with Crippen LogP contribution in [-0.2, 0) is 6.54 Å². The molecular formula is C13H18N6. The third-order valence-electron chi connectivity index (χ3n) is 2.81. The van der Waals surface area contributed by atoms with Crippen molar-refractivity contribution in [3.8, 4) is 0 Å². The molecule has 6 heteroatoms. The van der Waals surface area contributed by atoms with Gasteiger partial charge in [0.1, 0.15) is 18.0 Å². The van der Waals surface area contributed by atoms with Gasteiger partial charge in [-0.25, -0.2) is 15.8 Å². The van der Waals surface area contributed by atoms with Gasteiger partial charge in [0, 0.05) is 18.3 Å². The predicted molar refractivity (Wildman–Crippen MR) is 75.5 cm³/mol. The van der Waals surface area contributed by atoms with Gasteiger partial charge in [-0.15, -0.1) is 0 Å². The number of nitrogen functional groups attached to an aromatic ring is 1. The van der Waals surface area contributed by atoms with E-state index in [1.54, 1.807) is 0 Å². The van der Waals surface area contributed by atoms with E-state index in [9.17, 15) is 0 Å². The number of nitrogens with zero attached hydrogens (tertiary/aromatic N) is 4. The van der Waals surface area contributed by atoms with Gasteiger partial charge in [0.05, 0.1) is 12.2 Å². The van der Waals surface area contributed by atoms with Crippen molar-refractivity contribution in [2.45, 2.75) is 20.4 Å². The standard InChI is InChI=1S/C13H18N6/c1-3-19(8-11-6-4-5-10(2)17-11)13-7-12(18-14)15-9-16-13/h4-7,9H,3,8,14H2,1-2H3,(H,15,16,18). The molecule has 0 bridgehead atoms. The van der Waals surface area contributed by atoms with Crippen molar-refractivity contribution < 1.29 is 0 Å². The highest BCUT2D eigenvalue weighted by atomic mass is 15.3. The Morgan fingerprint density at radius 2 is 2.16 bits per heavy atom. The average Bonchev–Trinajstić information content (AvgIpc) is 2.45. The molecule has 0 aromatic carbocycles. The predicted octanol–water partition coefficient (Wildman–Crippen LogP) is 1.49. The Bertz CT molecular complexity index is 542. The Labute approximate surface area is 112 Å². The molecule has 0 saturated heterocycles. The van der Waals surface area contributed by atoms with Gasteiger partial charge in [-0.1, -0.05) is 6.07 Å². The number of pyridine rings is 1. The van der Waals surface area contributed by atoms with E-state index in [-0.39, 0.29) is 0 Å². The van der Waals surface area contributed by atoms with E-state index >= 15 is 0 Å². The second-order valence-electron chi connectivity index (χ2n) is 4.19. The fraction of sp³-hybridized carbons (Fsp3) is 0.308. The van der Waals surface area contributed by atoms with Gasteiger partial charge in [-0.05, 0) is 26.0 Å². The van der Waals surface area contributed by atoms with Crippen LogP contribution in [0.2, 0.25) is 0 Å². The van der Waals surface area contributed by atoms with Gasteiger partial charge >= 0.3 is 0 Å². The molecule has 3 N–H and O–H groups in total. The van der Waals surface area contributed by atoms with Crippen molar-refractivity contribution >= 4 is 11.6 Å². The Hall–Kier alpha value is -2.21. The summed E-state index contributed by atoms with van der Waals surface area (Å²) >= 11 is 0. The zero-order valence-corrected chi connectivity index (χ0v) is 11.2. The molecule has 0 amide bonds. The third-order valence-corrected chi connectivity index (χ3v) is 2.81. The van der Waals surface area contributed by atoms with Crippen molar-refractivity contribution in [1.29, 1.82) is 0 Å². The summed E-state index contributed by atoms with van der Waals surface area (Å²) in [5.41, 5.74) is 4.56. The maximum Gasteiger partial charge on any atom is 0.145 e. The van der Waals surface area contributed by atoms with Crippen molar-refractivity contribution in [2.24, 2.45) is 5.84 Å². The molecule has 2 aromatic rings. The van der Waals surface area contributed by atoms with Gasteiger partial charge in [0.2, 0.25) is 0 Å². The molecule has 0 aliphatic rings. The van der Waals surface area contributed by atoms with E-state index in [1.165, 1.54) is 6.33 Å². The molecule has 0 saturated carbocycles. The number of aromatic nitrogens is 3. The molecule has 0 atom stereocenters. The van der Waals surface area contributed by atoms with E-state index in [0.29, 0.717) is 12.4 Å². The molecular weight excluding hydrogens is 240 g/mol. The molecule has 6 nitrogen and oxygen atoms in total. The number of nitrogens with two attached hydrogens (primary N) is 1. The topological polar surface area (TPSA) is 80.0 Å². The summed E-state index contributed by atoms with van der Waals surface area (Å²) in [6.45, 7) is 5.60. The van der Waals surface area contributed by atoms with Crippen molar-refractivity contribution in [3.05, 3.63) is 42.0 Å². The Morgan fingerprint density at radius 3 is 2.84 bits per heavy atom. The molecule has 2 aromatic heterocycles. The third kappa shape index (κ3) is 3.38. The summed E-state index contributed by atoms with van der Waals surface area (Å²) in [6.07, 6.45) is 1.50. The summed E-state index contributed by atoms with van der Waals surface area (Å²) in [5, 5.41) is 0. The highest BCUT2D eigenvalue weighted by Crippen LogP contribution is 2.15. The highest BCUT2D eigenvalue weighted by Gasteiger charge is 2.08. The average molecular weight is 258 g/mol. The number of rotatable bonds is 5. The Balaban J connectivity index is 2.19. The number of hydrogen-bond acceptors (Lipinski definition) is 6. The lowest BCUT2D eigenvalue weighted by atomic mass is 10.3. The molecule has 0 fully saturated rings. The first-order chi connectivity index (χ1) is 9.22. The van der Waals surface area contributed by atoms with Crippen LogP contribution in [0, 0.1) is 6.92 Å².